The van der Waals surface area contributed by atoms with Crippen LogP contribution in [0.2, 0.25) is 0 Å². The molecule has 0 aromatic carbocycles. The largest absolute Gasteiger partial charge is 0.295 e. The number of halogens is 1. The zero-order valence-corrected chi connectivity index (χ0v) is 10.7. The molecule has 0 aliphatic carbocycles. The summed E-state index contributed by atoms with van der Waals surface area (Å²) in [6.07, 6.45) is 0. The third-order valence-corrected chi connectivity index (χ3v) is 3.83. The topological polar surface area (TPSA) is 16.1 Å². The monoisotopic (exact) mass is 232 g/mol. The minimum absolute atomic E-state index is 0.372. The van der Waals surface area contributed by atoms with Gasteiger partial charge in [0.1, 0.15) is 5.01 Å². The zero-order valence-electron chi connectivity index (χ0n) is 9.12. The fraction of sp³-hybridized carbons (Fsp3) is 0.700. The normalized spacial score (nSPS) is 13.9. The molecule has 0 saturated carbocycles. The molecule has 0 amide bonds. The molecule has 0 N–H and O–H groups in total. The van der Waals surface area contributed by atoms with Gasteiger partial charge in [0.2, 0.25) is 0 Å². The highest BCUT2D eigenvalue weighted by molar-refractivity contribution is 7.09. The second kappa shape index (κ2) is 5.10. The van der Waals surface area contributed by atoms with Gasteiger partial charge >= 0.3 is 0 Å². The Bertz CT molecular complexity index is 285. The van der Waals surface area contributed by atoms with Crippen LogP contribution in [0.5, 0.6) is 0 Å². The molecule has 1 rings (SSSR count). The molecule has 14 heavy (non-hydrogen) atoms. The van der Waals surface area contributed by atoms with Crippen LogP contribution in [0.15, 0.2) is 5.38 Å². The van der Waals surface area contributed by atoms with E-state index in [1.165, 1.54) is 0 Å². The molecule has 0 spiro atoms. The predicted octanol–water partition coefficient (Wildman–Crippen LogP) is 3.28. The molecule has 2 nitrogen and oxygen atoms in total. The Morgan fingerprint density at radius 1 is 1.50 bits per heavy atom. The molecular weight excluding hydrogens is 216 g/mol. The Labute approximate surface area is 94.9 Å². The van der Waals surface area contributed by atoms with E-state index in [2.05, 4.69) is 37.7 Å². The molecular formula is C10H17ClN2S. The molecule has 1 atom stereocenters. The number of nitrogens with zero attached hydrogens (tertiary/aromatic N) is 2. The van der Waals surface area contributed by atoms with Crippen LogP contribution < -0.4 is 0 Å². The molecule has 1 unspecified atom stereocenters. The summed E-state index contributed by atoms with van der Waals surface area (Å²) in [5.41, 5.74) is 0.982. The molecule has 0 saturated heterocycles. The van der Waals surface area contributed by atoms with Gasteiger partial charge in [-0.25, -0.2) is 4.98 Å². The highest BCUT2D eigenvalue weighted by atomic mass is 35.5. The Hall–Kier alpha value is -0.120. The fourth-order valence-electron chi connectivity index (χ4n) is 1.20. The van der Waals surface area contributed by atoms with Crippen LogP contribution in [-0.4, -0.2) is 23.0 Å². The van der Waals surface area contributed by atoms with Crippen molar-refractivity contribution in [3.63, 3.8) is 0 Å². The summed E-state index contributed by atoms with van der Waals surface area (Å²) in [5, 5.41) is 3.18. The third kappa shape index (κ3) is 2.69. The zero-order chi connectivity index (χ0) is 10.7. The number of rotatable bonds is 4. The molecule has 0 aliphatic heterocycles. The number of thiazole rings is 1. The molecule has 1 aromatic rings. The Morgan fingerprint density at radius 3 is 2.57 bits per heavy atom. The van der Waals surface area contributed by atoms with Crippen molar-refractivity contribution in [2.24, 2.45) is 0 Å². The summed E-state index contributed by atoms with van der Waals surface area (Å²) >= 11 is 7.41. The summed E-state index contributed by atoms with van der Waals surface area (Å²) in [6.45, 7) is 6.55. The standard InChI is InChI=1S/C10H17ClN2S/c1-7(2)13(4)8(3)10-12-9(5-11)6-14-10/h6-8H,5H2,1-4H3. The van der Waals surface area contributed by atoms with Crippen molar-refractivity contribution in [3.8, 4) is 0 Å². The first kappa shape index (κ1) is 12.0. The van der Waals surface area contributed by atoms with Gasteiger partial charge in [0.15, 0.2) is 0 Å². The van der Waals surface area contributed by atoms with Crippen molar-refractivity contribution in [1.82, 2.24) is 9.88 Å². The van der Waals surface area contributed by atoms with Gasteiger partial charge in [-0.2, -0.15) is 0 Å². The van der Waals surface area contributed by atoms with Gasteiger partial charge in [0.05, 0.1) is 17.6 Å². The maximum atomic E-state index is 5.72. The van der Waals surface area contributed by atoms with E-state index in [0.717, 1.165) is 10.7 Å². The number of hydrogen-bond donors (Lipinski definition) is 0. The quantitative estimate of drug-likeness (QED) is 0.741. The first-order valence-electron chi connectivity index (χ1n) is 4.78. The van der Waals surface area contributed by atoms with Gasteiger partial charge in [-0.15, -0.1) is 22.9 Å². The van der Waals surface area contributed by atoms with E-state index < -0.39 is 0 Å². The SMILES string of the molecule is CC(C)N(C)C(C)c1nc(CCl)cs1. The van der Waals surface area contributed by atoms with E-state index in [1.54, 1.807) is 11.3 Å². The molecule has 0 bridgehead atoms. The summed E-state index contributed by atoms with van der Waals surface area (Å²) < 4.78 is 0. The summed E-state index contributed by atoms with van der Waals surface area (Å²) in [6, 6.07) is 0.908. The lowest BCUT2D eigenvalue weighted by Crippen LogP contribution is -2.29. The lowest BCUT2D eigenvalue weighted by molar-refractivity contribution is 0.210. The molecule has 0 fully saturated rings. The molecule has 4 heteroatoms. The average molecular weight is 233 g/mol. The van der Waals surface area contributed by atoms with E-state index >= 15 is 0 Å². The number of aromatic nitrogens is 1. The van der Waals surface area contributed by atoms with Gasteiger partial charge in [0.25, 0.3) is 0 Å². The minimum Gasteiger partial charge on any atom is -0.295 e. The van der Waals surface area contributed by atoms with Crippen LogP contribution in [0.1, 0.15) is 37.5 Å². The van der Waals surface area contributed by atoms with Gasteiger partial charge in [-0.05, 0) is 27.8 Å². The molecule has 1 aromatic heterocycles. The molecule has 80 valence electrons. The van der Waals surface area contributed by atoms with E-state index in [0.29, 0.717) is 18.0 Å². The Kier molecular flexibility index (Phi) is 4.35. The highest BCUT2D eigenvalue weighted by Gasteiger charge is 2.17. The van der Waals surface area contributed by atoms with Crippen molar-refractivity contribution < 1.29 is 0 Å². The minimum atomic E-state index is 0.372. The smallest absolute Gasteiger partial charge is 0.110 e. The lowest BCUT2D eigenvalue weighted by atomic mass is 10.2. The van der Waals surface area contributed by atoms with Crippen LogP contribution in [0.25, 0.3) is 0 Å². The summed E-state index contributed by atoms with van der Waals surface area (Å²) in [5.74, 6) is 0.509. The van der Waals surface area contributed by atoms with E-state index in [4.69, 9.17) is 11.6 Å². The van der Waals surface area contributed by atoms with E-state index in [9.17, 15) is 0 Å². The Balaban J connectivity index is 2.73. The van der Waals surface area contributed by atoms with Crippen molar-refractivity contribution in [2.45, 2.75) is 38.7 Å². The first-order valence-corrected chi connectivity index (χ1v) is 6.20. The van der Waals surface area contributed by atoms with Crippen molar-refractivity contribution in [2.75, 3.05) is 7.05 Å². The third-order valence-electron chi connectivity index (χ3n) is 2.49. The number of alkyl halides is 1. The van der Waals surface area contributed by atoms with Gasteiger partial charge in [-0.3, -0.25) is 4.90 Å². The van der Waals surface area contributed by atoms with Gasteiger partial charge < -0.3 is 0 Å². The van der Waals surface area contributed by atoms with Crippen molar-refractivity contribution in [1.29, 1.82) is 0 Å². The summed E-state index contributed by atoms with van der Waals surface area (Å²) in [4.78, 5) is 6.78. The highest BCUT2D eigenvalue weighted by Crippen LogP contribution is 2.24. The average Bonchev–Trinajstić information content (AvgIpc) is 2.63. The van der Waals surface area contributed by atoms with Crippen LogP contribution in [-0.2, 0) is 5.88 Å². The molecule has 1 heterocycles. The molecule has 0 radical (unpaired) electrons. The maximum absolute atomic E-state index is 5.72. The van der Waals surface area contributed by atoms with E-state index in [-0.39, 0.29) is 0 Å². The van der Waals surface area contributed by atoms with E-state index in [1.807, 2.05) is 5.38 Å². The Morgan fingerprint density at radius 2 is 2.14 bits per heavy atom. The second-order valence-electron chi connectivity index (χ2n) is 3.75. The fourth-order valence-corrected chi connectivity index (χ4v) is 2.35. The van der Waals surface area contributed by atoms with Crippen molar-refractivity contribution >= 4 is 22.9 Å². The van der Waals surface area contributed by atoms with Crippen LogP contribution >= 0.6 is 22.9 Å². The van der Waals surface area contributed by atoms with Gasteiger partial charge in [-0.1, -0.05) is 0 Å². The maximum Gasteiger partial charge on any atom is 0.110 e. The predicted molar refractivity (Wildman–Crippen MR) is 63.0 cm³/mol. The number of hydrogen-bond acceptors (Lipinski definition) is 3. The van der Waals surface area contributed by atoms with Crippen molar-refractivity contribution in [3.05, 3.63) is 16.1 Å². The van der Waals surface area contributed by atoms with Crippen LogP contribution in [0.3, 0.4) is 0 Å². The second-order valence-corrected chi connectivity index (χ2v) is 4.90. The first-order chi connectivity index (χ1) is 6.56. The summed E-state index contributed by atoms with van der Waals surface area (Å²) in [7, 11) is 2.12. The van der Waals surface area contributed by atoms with Crippen LogP contribution in [0, 0.1) is 0 Å². The molecule has 0 aliphatic rings. The van der Waals surface area contributed by atoms with Crippen LogP contribution in [0.4, 0.5) is 0 Å². The lowest BCUT2D eigenvalue weighted by Gasteiger charge is -2.26. The van der Waals surface area contributed by atoms with Gasteiger partial charge in [0, 0.05) is 11.4 Å².